The van der Waals surface area contributed by atoms with Crippen molar-refractivity contribution >= 4 is 5.57 Å². The summed E-state index contributed by atoms with van der Waals surface area (Å²) < 4.78 is 5.27. The van der Waals surface area contributed by atoms with Crippen LogP contribution in [0.1, 0.15) is 12.1 Å². The highest BCUT2D eigenvalue weighted by Gasteiger charge is 2.11. The topological polar surface area (TPSA) is 35.0 Å². The Morgan fingerprint density at radius 3 is 3.07 bits per heavy atom. The molecule has 0 spiro atoms. The zero-order chi connectivity index (χ0) is 9.80. The van der Waals surface area contributed by atoms with Crippen LogP contribution in [0.25, 0.3) is 5.57 Å². The number of rotatable bonds is 2. The molecule has 0 aliphatic heterocycles. The molecule has 1 aromatic rings. The molecule has 0 saturated heterocycles. The van der Waals surface area contributed by atoms with Crippen molar-refractivity contribution in [1.82, 2.24) is 9.97 Å². The zero-order valence-electron chi connectivity index (χ0n) is 7.97. The summed E-state index contributed by atoms with van der Waals surface area (Å²) in [6.07, 6.45) is 10.3. The van der Waals surface area contributed by atoms with E-state index in [0.717, 1.165) is 23.4 Å². The third-order valence-corrected chi connectivity index (χ3v) is 2.07. The van der Waals surface area contributed by atoms with E-state index >= 15 is 0 Å². The predicted octanol–water partition coefficient (Wildman–Crippen LogP) is 2.00. The van der Waals surface area contributed by atoms with Crippen LogP contribution >= 0.6 is 0 Å². The molecule has 0 bridgehead atoms. The van der Waals surface area contributed by atoms with Gasteiger partial charge in [0.1, 0.15) is 12.1 Å². The largest absolute Gasteiger partial charge is 0.500 e. The summed E-state index contributed by atoms with van der Waals surface area (Å²) in [6.45, 7) is 0. The van der Waals surface area contributed by atoms with Gasteiger partial charge in [0.2, 0.25) is 0 Å². The van der Waals surface area contributed by atoms with Crippen molar-refractivity contribution in [2.75, 3.05) is 7.11 Å². The summed E-state index contributed by atoms with van der Waals surface area (Å²) in [6, 6.07) is 1.87. The van der Waals surface area contributed by atoms with Gasteiger partial charge in [-0.15, -0.1) is 0 Å². The second-order valence-corrected chi connectivity index (χ2v) is 2.92. The molecular weight excluding hydrogens is 176 g/mol. The Hall–Kier alpha value is -1.64. The molecular formula is C11H11N2O. The molecule has 0 saturated carbocycles. The normalized spacial score (nSPS) is 15.8. The van der Waals surface area contributed by atoms with Gasteiger partial charge < -0.3 is 4.74 Å². The Balaban J connectivity index is 2.41. The fraction of sp³-hybridized carbons (Fsp3) is 0.182. The maximum absolute atomic E-state index is 5.27. The van der Waals surface area contributed by atoms with Crippen LogP contribution in [0.2, 0.25) is 0 Å². The van der Waals surface area contributed by atoms with E-state index in [1.807, 2.05) is 18.6 Å². The first-order valence-corrected chi connectivity index (χ1v) is 4.46. The number of ether oxygens (including phenoxy) is 1. The van der Waals surface area contributed by atoms with E-state index in [2.05, 4.69) is 16.0 Å². The summed E-state index contributed by atoms with van der Waals surface area (Å²) in [7, 11) is 1.67. The van der Waals surface area contributed by atoms with Crippen LogP contribution in [0.5, 0.6) is 0 Å². The van der Waals surface area contributed by atoms with Crippen molar-refractivity contribution < 1.29 is 4.74 Å². The van der Waals surface area contributed by atoms with Gasteiger partial charge in [0.15, 0.2) is 0 Å². The minimum Gasteiger partial charge on any atom is -0.500 e. The summed E-state index contributed by atoms with van der Waals surface area (Å²) in [5, 5.41) is 0. The van der Waals surface area contributed by atoms with Crippen LogP contribution in [0, 0.1) is 6.42 Å². The van der Waals surface area contributed by atoms with Gasteiger partial charge in [-0.3, -0.25) is 0 Å². The van der Waals surface area contributed by atoms with E-state index in [1.54, 1.807) is 13.3 Å². The van der Waals surface area contributed by atoms with Crippen molar-refractivity contribution in [3.8, 4) is 0 Å². The molecule has 1 aliphatic carbocycles. The van der Waals surface area contributed by atoms with Gasteiger partial charge in [0.05, 0.1) is 12.8 Å². The predicted molar refractivity (Wildman–Crippen MR) is 54.0 cm³/mol. The number of nitrogens with zero attached hydrogens (tertiary/aromatic N) is 2. The maximum Gasteiger partial charge on any atom is 0.116 e. The van der Waals surface area contributed by atoms with Crippen LogP contribution in [0.3, 0.4) is 0 Å². The first-order chi connectivity index (χ1) is 6.92. The van der Waals surface area contributed by atoms with Gasteiger partial charge in [0.25, 0.3) is 0 Å². The van der Waals surface area contributed by atoms with Gasteiger partial charge >= 0.3 is 0 Å². The Morgan fingerprint density at radius 2 is 2.36 bits per heavy atom. The van der Waals surface area contributed by atoms with E-state index in [0.29, 0.717) is 0 Å². The molecule has 0 fully saturated rings. The molecule has 1 aliphatic rings. The number of allylic oxidation sites excluding steroid dienone is 4. The van der Waals surface area contributed by atoms with Crippen LogP contribution in [-0.2, 0) is 4.74 Å². The van der Waals surface area contributed by atoms with Crippen LogP contribution in [-0.4, -0.2) is 17.1 Å². The molecule has 1 aromatic heterocycles. The minimum atomic E-state index is 0.881. The van der Waals surface area contributed by atoms with Crippen LogP contribution < -0.4 is 0 Å². The van der Waals surface area contributed by atoms with Crippen LogP contribution in [0.15, 0.2) is 36.5 Å². The minimum absolute atomic E-state index is 0.881. The highest BCUT2D eigenvalue weighted by atomic mass is 16.5. The van der Waals surface area contributed by atoms with Crippen molar-refractivity contribution in [3.05, 3.63) is 48.6 Å². The maximum atomic E-state index is 5.27. The second kappa shape index (κ2) is 4.05. The lowest BCUT2D eigenvalue weighted by molar-refractivity contribution is 0.299. The quantitative estimate of drug-likeness (QED) is 0.710. The Kier molecular flexibility index (Phi) is 2.58. The lowest BCUT2D eigenvalue weighted by atomic mass is 10.0. The summed E-state index contributed by atoms with van der Waals surface area (Å²) in [4.78, 5) is 8.06. The van der Waals surface area contributed by atoms with Crippen LogP contribution in [0.4, 0.5) is 0 Å². The average Bonchev–Trinajstić information content (AvgIpc) is 2.30. The van der Waals surface area contributed by atoms with E-state index in [4.69, 9.17) is 4.74 Å². The highest BCUT2D eigenvalue weighted by Crippen LogP contribution is 2.25. The monoisotopic (exact) mass is 187 g/mol. The third kappa shape index (κ3) is 1.66. The lowest BCUT2D eigenvalue weighted by Gasteiger charge is -2.13. The van der Waals surface area contributed by atoms with E-state index in [1.165, 1.54) is 6.33 Å². The molecule has 1 heterocycles. The van der Waals surface area contributed by atoms with E-state index in [-0.39, 0.29) is 0 Å². The van der Waals surface area contributed by atoms with Gasteiger partial charge in [-0.05, 0) is 12.5 Å². The number of hydrogen-bond donors (Lipinski definition) is 0. The lowest BCUT2D eigenvalue weighted by Crippen LogP contribution is -1.99. The van der Waals surface area contributed by atoms with E-state index < -0.39 is 0 Å². The first kappa shape index (κ1) is 8.94. The van der Waals surface area contributed by atoms with Crippen molar-refractivity contribution in [2.24, 2.45) is 0 Å². The van der Waals surface area contributed by atoms with Gasteiger partial charge in [-0.1, -0.05) is 12.2 Å². The zero-order valence-corrected chi connectivity index (χ0v) is 7.97. The molecule has 71 valence electrons. The molecule has 0 atom stereocenters. The number of hydrogen-bond acceptors (Lipinski definition) is 3. The van der Waals surface area contributed by atoms with Gasteiger partial charge in [-0.2, -0.15) is 0 Å². The molecule has 0 N–H and O–H groups in total. The van der Waals surface area contributed by atoms with Gasteiger partial charge in [-0.25, -0.2) is 9.97 Å². The molecule has 0 amide bonds. The van der Waals surface area contributed by atoms with Crippen molar-refractivity contribution in [2.45, 2.75) is 6.42 Å². The summed E-state index contributed by atoms with van der Waals surface area (Å²) >= 11 is 0. The standard InChI is InChI=1S/C11H11N2O/c1-14-11-5-3-2-4-9(11)10-6-7-12-8-13-10/h2,4-8H,3H2,1H3. The number of aromatic nitrogens is 2. The molecule has 0 unspecified atom stereocenters. The van der Waals surface area contributed by atoms with Crippen molar-refractivity contribution in [3.63, 3.8) is 0 Å². The summed E-state index contributed by atoms with van der Waals surface area (Å²) in [5.41, 5.74) is 1.91. The fourth-order valence-electron chi connectivity index (χ4n) is 1.41. The fourth-order valence-corrected chi connectivity index (χ4v) is 1.41. The smallest absolute Gasteiger partial charge is 0.116 e. The Bertz CT molecular complexity index is 368. The SMILES string of the molecule is COC1=C(c2ccncn2)C=CC[CH]1. The first-order valence-electron chi connectivity index (χ1n) is 4.46. The molecule has 2 rings (SSSR count). The van der Waals surface area contributed by atoms with Crippen molar-refractivity contribution in [1.29, 1.82) is 0 Å². The molecule has 0 aromatic carbocycles. The second-order valence-electron chi connectivity index (χ2n) is 2.92. The number of methoxy groups -OCH3 is 1. The average molecular weight is 187 g/mol. The molecule has 3 nitrogen and oxygen atoms in total. The Morgan fingerprint density at radius 1 is 1.43 bits per heavy atom. The highest BCUT2D eigenvalue weighted by molar-refractivity contribution is 5.75. The third-order valence-electron chi connectivity index (χ3n) is 2.07. The summed E-state index contributed by atoms with van der Waals surface area (Å²) in [5.74, 6) is 0.881. The Labute approximate surface area is 83.2 Å². The van der Waals surface area contributed by atoms with E-state index in [9.17, 15) is 0 Å². The molecule has 1 radical (unpaired) electrons. The molecule has 14 heavy (non-hydrogen) atoms. The molecule has 3 heteroatoms. The van der Waals surface area contributed by atoms with Gasteiger partial charge in [0, 0.05) is 18.2 Å².